The fourth-order valence-electron chi connectivity index (χ4n) is 2.66. The summed E-state index contributed by atoms with van der Waals surface area (Å²) in [6, 6.07) is 8.69. The molecule has 6 nitrogen and oxygen atoms in total. The highest BCUT2D eigenvalue weighted by molar-refractivity contribution is 6.29. The molecule has 4 rings (SSSR count). The van der Waals surface area contributed by atoms with Crippen LogP contribution in [0, 0.1) is 6.92 Å². The lowest BCUT2D eigenvalue weighted by molar-refractivity contribution is 1.18. The third-order valence-electron chi connectivity index (χ3n) is 3.73. The Kier molecular flexibility index (Phi) is 3.74. The highest BCUT2D eigenvalue weighted by Gasteiger charge is 2.15. The van der Waals surface area contributed by atoms with Crippen molar-refractivity contribution in [2.45, 2.75) is 6.92 Å². The Morgan fingerprint density at radius 2 is 1.72 bits per heavy atom. The van der Waals surface area contributed by atoms with Gasteiger partial charge in [-0.05, 0) is 31.2 Å². The predicted octanol–water partition coefficient (Wildman–Crippen LogP) is 3.40. The molecule has 122 valence electrons. The monoisotopic (exact) mass is 349 g/mol. The average Bonchev–Trinajstić information content (AvgIpc) is 2.61. The van der Waals surface area contributed by atoms with Crippen LogP contribution in [0.4, 0.5) is 0 Å². The lowest BCUT2D eigenvalue weighted by Gasteiger charge is -2.10. The highest BCUT2D eigenvalue weighted by atomic mass is 35.5. The summed E-state index contributed by atoms with van der Waals surface area (Å²) in [5.41, 5.74) is 4.08. The summed E-state index contributed by atoms with van der Waals surface area (Å²) < 4.78 is 0. The van der Waals surface area contributed by atoms with Crippen LogP contribution in [-0.2, 0) is 0 Å². The largest absolute Gasteiger partial charge is 0.345 e. The Morgan fingerprint density at radius 1 is 0.960 bits per heavy atom. The molecule has 0 radical (unpaired) electrons. The number of halogens is 1. The van der Waals surface area contributed by atoms with E-state index >= 15 is 0 Å². The Balaban J connectivity index is 2.10. The molecular formula is C18H12ClN5O. The van der Waals surface area contributed by atoms with Crippen LogP contribution in [0.1, 0.15) is 5.69 Å². The zero-order valence-corrected chi connectivity index (χ0v) is 13.9. The summed E-state index contributed by atoms with van der Waals surface area (Å²) in [6.45, 7) is 1.85. The molecule has 0 spiro atoms. The van der Waals surface area contributed by atoms with Crippen LogP contribution in [0.25, 0.3) is 33.7 Å². The van der Waals surface area contributed by atoms with Gasteiger partial charge in [0.1, 0.15) is 5.15 Å². The van der Waals surface area contributed by atoms with Gasteiger partial charge >= 0.3 is 0 Å². The van der Waals surface area contributed by atoms with Gasteiger partial charge in [0.2, 0.25) is 5.43 Å². The summed E-state index contributed by atoms with van der Waals surface area (Å²) in [5.74, 6) is 0. The van der Waals surface area contributed by atoms with E-state index in [1.807, 2.05) is 25.1 Å². The van der Waals surface area contributed by atoms with E-state index in [1.54, 1.807) is 24.7 Å². The number of fused-ring (bicyclic) bond motifs is 1. The molecule has 0 unspecified atom stereocenters. The van der Waals surface area contributed by atoms with Gasteiger partial charge in [-0.15, -0.1) is 0 Å². The van der Waals surface area contributed by atoms with Crippen LogP contribution in [0.2, 0.25) is 5.15 Å². The second-order valence-electron chi connectivity index (χ2n) is 5.52. The van der Waals surface area contributed by atoms with Crippen LogP contribution in [0.3, 0.4) is 0 Å². The van der Waals surface area contributed by atoms with Gasteiger partial charge in [0, 0.05) is 41.5 Å². The molecule has 4 heterocycles. The van der Waals surface area contributed by atoms with Gasteiger partial charge in [0.15, 0.2) is 11.2 Å². The number of aryl methyl sites for hydroxylation is 1. The van der Waals surface area contributed by atoms with Crippen molar-refractivity contribution < 1.29 is 0 Å². The van der Waals surface area contributed by atoms with Crippen LogP contribution in [-0.4, -0.2) is 24.9 Å². The first kappa shape index (κ1) is 15.4. The van der Waals surface area contributed by atoms with Crippen LogP contribution >= 0.6 is 11.6 Å². The molecule has 0 aliphatic carbocycles. The third kappa shape index (κ3) is 2.88. The van der Waals surface area contributed by atoms with Crippen molar-refractivity contribution in [1.29, 1.82) is 0 Å². The fourth-order valence-corrected chi connectivity index (χ4v) is 2.91. The number of hydrogen-bond donors (Lipinski definition) is 1. The van der Waals surface area contributed by atoms with Gasteiger partial charge in [-0.3, -0.25) is 9.78 Å². The molecular weight excluding hydrogens is 338 g/mol. The van der Waals surface area contributed by atoms with Crippen LogP contribution in [0.5, 0.6) is 0 Å². The van der Waals surface area contributed by atoms with Crippen molar-refractivity contribution in [3.05, 3.63) is 70.0 Å². The number of aromatic amines is 1. The Bertz CT molecular complexity index is 1120. The molecule has 0 bridgehead atoms. The zero-order chi connectivity index (χ0) is 17.4. The first-order valence-electron chi connectivity index (χ1n) is 7.56. The van der Waals surface area contributed by atoms with Crippen molar-refractivity contribution in [2.75, 3.05) is 0 Å². The van der Waals surface area contributed by atoms with E-state index < -0.39 is 0 Å². The molecule has 1 N–H and O–H groups in total. The predicted molar refractivity (Wildman–Crippen MR) is 96.4 cm³/mol. The van der Waals surface area contributed by atoms with Gasteiger partial charge < -0.3 is 4.98 Å². The standard InChI is InChI=1S/C18H12ClN5O/c1-10-8-12(9-14(19)22-10)16-15(11-2-5-20-6-3-11)24-18-17(23-16)13(25)4-7-21-18/h2-9H,1H3,(H,21,24,25). The van der Waals surface area contributed by atoms with Crippen molar-refractivity contribution in [2.24, 2.45) is 0 Å². The number of pyridine rings is 3. The van der Waals surface area contributed by atoms with E-state index in [1.165, 1.54) is 6.07 Å². The summed E-state index contributed by atoms with van der Waals surface area (Å²) >= 11 is 6.11. The summed E-state index contributed by atoms with van der Waals surface area (Å²) in [7, 11) is 0. The quantitative estimate of drug-likeness (QED) is 0.561. The van der Waals surface area contributed by atoms with E-state index in [0.717, 1.165) is 16.8 Å². The lowest BCUT2D eigenvalue weighted by atomic mass is 10.0. The zero-order valence-electron chi connectivity index (χ0n) is 13.2. The highest BCUT2D eigenvalue weighted by Crippen LogP contribution is 2.31. The Hall–Kier alpha value is -3.12. The molecule has 0 amide bonds. The third-order valence-corrected chi connectivity index (χ3v) is 3.93. The minimum absolute atomic E-state index is 0.194. The first-order chi connectivity index (χ1) is 12.1. The van der Waals surface area contributed by atoms with Crippen molar-refractivity contribution in [3.63, 3.8) is 0 Å². The Morgan fingerprint density at radius 3 is 2.48 bits per heavy atom. The minimum Gasteiger partial charge on any atom is -0.345 e. The fraction of sp³-hybridized carbons (Fsp3) is 0.0556. The molecule has 0 saturated heterocycles. The molecule has 0 atom stereocenters. The SMILES string of the molecule is Cc1cc(-c2nc3c(=O)cc[nH]c3nc2-c2ccncc2)cc(Cl)n1. The van der Waals surface area contributed by atoms with E-state index in [2.05, 4.69) is 24.9 Å². The van der Waals surface area contributed by atoms with Crippen LogP contribution < -0.4 is 5.43 Å². The maximum absolute atomic E-state index is 12.2. The summed E-state index contributed by atoms with van der Waals surface area (Å²) in [6.07, 6.45) is 4.93. The second kappa shape index (κ2) is 6.07. The average molecular weight is 350 g/mol. The molecule has 0 aromatic carbocycles. The second-order valence-corrected chi connectivity index (χ2v) is 5.90. The van der Waals surface area contributed by atoms with Crippen molar-refractivity contribution >= 4 is 22.8 Å². The molecule has 7 heteroatoms. The molecule has 25 heavy (non-hydrogen) atoms. The van der Waals surface area contributed by atoms with Crippen LogP contribution in [0.15, 0.2) is 53.7 Å². The summed E-state index contributed by atoms with van der Waals surface area (Å²) in [4.78, 5) is 32.6. The minimum atomic E-state index is -0.194. The van der Waals surface area contributed by atoms with Gasteiger partial charge in [0.05, 0.1) is 11.4 Å². The van der Waals surface area contributed by atoms with Gasteiger partial charge in [0.25, 0.3) is 0 Å². The molecule has 0 fully saturated rings. The number of hydrogen-bond acceptors (Lipinski definition) is 5. The molecule has 4 aromatic rings. The van der Waals surface area contributed by atoms with Gasteiger partial charge in [-0.25, -0.2) is 15.0 Å². The number of nitrogens with one attached hydrogen (secondary N) is 1. The van der Waals surface area contributed by atoms with Gasteiger partial charge in [-0.2, -0.15) is 0 Å². The number of aromatic nitrogens is 5. The Labute approximate surface area is 147 Å². The normalized spacial score (nSPS) is 11.0. The van der Waals surface area contributed by atoms with E-state index in [0.29, 0.717) is 22.2 Å². The molecule has 0 aliphatic rings. The summed E-state index contributed by atoms with van der Waals surface area (Å²) in [5, 5.41) is 0.361. The number of H-pyrrole nitrogens is 1. The van der Waals surface area contributed by atoms with E-state index in [4.69, 9.17) is 11.6 Å². The first-order valence-corrected chi connectivity index (χ1v) is 7.94. The molecule has 0 saturated carbocycles. The smallest absolute Gasteiger partial charge is 0.209 e. The van der Waals surface area contributed by atoms with Crippen molar-refractivity contribution in [1.82, 2.24) is 24.9 Å². The molecule has 0 aliphatic heterocycles. The maximum Gasteiger partial charge on any atom is 0.209 e. The van der Waals surface area contributed by atoms with Crippen molar-refractivity contribution in [3.8, 4) is 22.5 Å². The number of nitrogens with zero attached hydrogens (tertiary/aromatic N) is 4. The van der Waals surface area contributed by atoms with E-state index in [9.17, 15) is 4.79 Å². The topological polar surface area (TPSA) is 84.4 Å². The van der Waals surface area contributed by atoms with Gasteiger partial charge in [-0.1, -0.05) is 11.6 Å². The lowest BCUT2D eigenvalue weighted by Crippen LogP contribution is -2.07. The van der Waals surface area contributed by atoms with E-state index in [-0.39, 0.29) is 10.9 Å². The maximum atomic E-state index is 12.2. The molecule has 4 aromatic heterocycles. The number of rotatable bonds is 2.